The van der Waals surface area contributed by atoms with Gasteiger partial charge < -0.3 is 5.73 Å². The molecule has 0 saturated heterocycles. The molecule has 3 rings (SSSR count). The molecule has 94 valence electrons. The second kappa shape index (κ2) is 4.44. The molecule has 0 atom stereocenters. The number of carbonyl (C=O) groups is 1. The lowest BCUT2D eigenvalue weighted by Gasteiger charge is -2.11. The number of para-hydroxylation sites is 1. The van der Waals surface area contributed by atoms with Crippen LogP contribution in [0.2, 0.25) is 0 Å². The first kappa shape index (κ1) is 11.8. The SMILES string of the molecule is Cc1c(-c2cscn2)c(C(N)=O)nc2ccccc12. The molecule has 0 aliphatic heterocycles. The molecule has 5 heteroatoms. The molecular weight excluding hydrogens is 258 g/mol. The van der Waals surface area contributed by atoms with Crippen LogP contribution in [0.3, 0.4) is 0 Å². The molecule has 3 aromatic rings. The number of fused-ring (bicyclic) bond motifs is 1. The monoisotopic (exact) mass is 269 g/mol. The van der Waals surface area contributed by atoms with Gasteiger partial charge in [0.2, 0.25) is 0 Å². The molecular formula is C14H11N3OS. The number of aromatic nitrogens is 2. The van der Waals surface area contributed by atoms with Crippen molar-refractivity contribution in [2.45, 2.75) is 6.92 Å². The molecule has 0 aliphatic carbocycles. The summed E-state index contributed by atoms with van der Waals surface area (Å²) in [5.41, 5.74) is 10.7. The van der Waals surface area contributed by atoms with Crippen molar-refractivity contribution in [3.8, 4) is 11.3 Å². The Balaban J connectivity index is 2.44. The lowest BCUT2D eigenvalue weighted by molar-refractivity contribution is 0.0996. The van der Waals surface area contributed by atoms with Crippen LogP contribution in [0, 0.1) is 6.92 Å². The predicted octanol–water partition coefficient (Wildman–Crippen LogP) is 2.77. The first-order valence-corrected chi connectivity index (χ1v) is 6.70. The molecule has 1 amide bonds. The van der Waals surface area contributed by atoms with E-state index in [1.165, 1.54) is 11.3 Å². The van der Waals surface area contributed by atoms with E-state index in [0.717, 1.165) is 27.7 Å². The van der Waals surface area contributed by atoms with Crippen molar-refractivity contribution in [1.82, 2.24) is 9.97 Å². The minimum atomic E-state index is -0.531. The van der Waals surface area contributed by atoms with Gasteiger partial charge >= 0.3 is 0 Å². The van der Waals surface area contributed by atoms with Gasteiger partial charge in [-0.25, -0.2) is 9.97 Å². The van der Waals surface area contributed by atoms with Crippen LogP contribution in [0.1, 0.15) is 16.1 Å². The van der Waals surface area contributed by atoms with Gasteiger partial charge in [0.25, 0.3) is 5.91 Å². The highest BCUT2D eigenvalue weighted by molar-refractivity contribution is 7.07. The highest BCUT2D eigenvalue weighted by Crippen LogP contribution is 2.31. The topological polar surface area (TPSA) is 68.9 Å². The van der Waals surface area contributed by atoms with Gasteiger partial charge in [-0.1, -0.05) is 18.2 Å². The fourth-order valence-corrected chi connectivity index (χ4v) is 2.75. The maximum atomic E-state index is 11.6. The van der Waals surface area contributed by atoms with Crippen LogP contribution < -0.4 is 5.73 Å². The Morgan fingerprint density at radius 2 is 2.11 bits per heavy atom. The first-order chi connectivity index (χ1) is 9.18. The average molecular weight is 269 g/mol. The Morgan fingerprint density at radius 3 is 2.79 bits per heavy atom. The fourth-order valence-electron chi connectivity index (χ4n) is 2.20. The second-order valence-electron chi connectivity index (χ2n) is 4.22. The first-order valence-electron chi connectivity index (χ1n) is 5.76. The maximum Gasteiger partial charge on any atom is 0.268 e. The third-order valence-corrected chi connectivity index (χ3v) is 3.66. The van der Waals surface area contributed by atoms with E-state index in [-0.39, 0.29) is 5.69 Å². The maximum absolute atomic E-state index is 11.6. The Labute approximate surface area is 113 Å². The standard InChI is InChI=1S/C14H11N3OS/c1-8-9-4-2-3-5-10(9)17-13(14(15)18)12(8)11-6-19-7-16-11/h2-7H,1H3,(H2,15,18). The van der Waals surface area contributed by atoms with Crippen LogP contribution >= 0.6 is 11.3 Å². The molecule has 2 aromatic heterocycles. The number of hydrogen-bond donors (Lipinski definition) is 1. The van der Waals surface area contributed by atoms with Crippen molar-refractivity contribution in [3.63, 3.8) is 0 Å². The summed E-state index contributed by atoms with van der Waals surface area (Å²) in [5.74, 6) is -0.531. The summed E-state index contributed by atoms with van der Waals surface area (Å²) in [6.07, 6.45) is 0. The van der Waals surface area contributed by atoms with E-state index in [9.17, 15) is 4.79 Å². The van der Waals surface area contributed by atoms with Crippen LogP contribution in [0.5, 0.6) is 0 Å². The average Bonchev–Trinajstić information content (AvgIpc) is 2.92. The Morgan fingerprint density at radius 1 is 1.32 bits per heavy atom. The van der Waals surface area contributed by atoms with Crippen LogP contribution in [0.25, 0.3) is 22.2 Å². The van der Waals surface area contributed by atoms with Crippen molar-refractivity contribution in [2.75, 3.05) is 0 Å². The van der Waals surface area contributed by atoms with Crippen LogP contribution in [0.15, 0.2) is 35.2 Å². The van der Waals surface area contributed by atoms with Gasteiger partial charge in [0.1, 0.15) is 5.69 Å². The number of thiazole rings is 1. The van der Waals surface area contributed by atoms with E-state index in [1.54, 1.807) is 5.51 Å². The smallest absolute Gasteiger partial charge is 0.268 e. The van der Waals surface area contributed by atoms with Crippen molar-refractivity contribution < 1.29 is 4.79 Å². The summed E-state index contributed by atoms with van der Waals surface area (Å²) in [7, 11) is 0. The van der Waals surface area contributed by atoms with E-state index in [1.807, 2.05) is 36.6 Å². The molecule has 0 saturated carbocycles. The van der Waals surface area contributed by atoms with Gasteiger partial charge in [-0.15, -0.1) is 11.3 Å². The number of aryl methyl sites for hydroxylation is 1. The largest absolute Gasteiger partial charge is 0.364 e. The van der Waals surface area contributed by atoms with Gasteiger partial charge in [0.05, 0.1) is 16.7 Å². The molecule has 4 nitrogen and oxygen atoms in total. The molecule has 0 aliphatic rings. The molecule has 1 aromatic carbocycles. The zero-order valence-corrected chi connectivity index (χ0v) is 11.1. The Hall–Kier alpha value is -2.27. The van der Waals surface area contributed by atoms with E-state index in [0.29, 0.717) is 0 Å². The number of primary amides is 1. The summed E-state index contributed by atoms with van der Waals surface area (Å²) in [6, 6.07) is 7.70. The number of hydrogen-bond acceptors (Lipinski definition) is 4. The van der Waals surface area contributed by atoms with Gasteiger partial charge in [-0.2, -0.15) is 0 Å². The normalized spacial score (nSPS) is 10.8. The van der Waals surface area contributed by atoms with Crippen LogP contribution in [-0.4, -0.2) is 15.9 Å². The molecule has 2 heterocycles. The lowest BCUT2D eigenvalue weighted by atomic mass is 9.99. The van der Waals surface area contributed by atoms with Crippen LogP contribution in [0.4, 0.5) is 0 Å². The third-order valence-electron chi connectivity index (χ3n) is 3.07. The molecule has 19 heavy (non-hydrogen) atoms. The highest BCUT2D eigenvalue weighted by Gasteiger charge is 2.18. The summed E-state index contributed by atoms with van der Waals surface area (Å²) < 4.78 is 0. The van der Waals surface area contributed by atoms with Gasteiger partial charge in [0.15, 0.2) is 0 Å². The Kier molecular flexibility index (Phi) is 2.76. The lowest BCUT2D eigenvalue weighted by Crippen LogP contribution is -2.15. The van der Waals surface area contributed by atoms with Crippen molar-refractivity contribution in [1.29, 1.82) is 0 Å². The predicted molar refractivity (Wildman–Crippen MR) is 76.1 cm³/mol. The van der Waals surface area contributed by atoms with Crippen molar-refractivity contribution >= 4 is 28.1 Å². The minimum Gasteiger partial charge on any atom is -0.364 e. The van der Waals surface area contributed by atoms with Gasteiger partial charge in [-0.3, -0.25) is 4.79 Å². The van der Waals surface area contributed by atoms with Gasteiger partial charge in [0, 0.05) is 16.3 Å². The fraction of sp³-hybridized carbons (Fsp3) is 0.0714. The zero-order valence-electron chi connectivity index (χ0n) is 10.3. The van der Waals surface area contributed by atoms with E-state index in [2.05, 4.69) is 9.97 Å². The molecule has 0 spiro atoms. The summed E-state index contributed by atoms with van der Waals surface area (Å²) in [4.78, 5) is 20.3. The van der Waals surface area contributed by atoms with Crippen molar-refractivity contribution in [3.05, 3.63) is 46.4 Å². The number of nitrogens with two attached hydrogens (primary N) is 1. The third kappa shape index (κ3) is 1.88. The number of carbonyl (C=O) groups excluding carboxylic acids is 1. The molecule has 0 unspecified atom stereocenters. The highest BCUT2D eigenvalue weighted by atomic mass is 32.1. The number of rotatable bonds is 2. The number of pyridine rings is 1. The Bertz CT molecular complexity index is 766. The van der Waals surface area contributed by atoms with E-state index < -0.39 is 5.91 Å². The summed E-state index contributed by atoms with van der Waals surface area (Å²) >= 11 is 1.48. The molecule has 2 N–H and O–H groups in total. The number of amides is 1. The summed E-state index contributed by atoms with van der Waals surface area (Å²) in [5, 5.41) is 2.90. The van der Waals surface area contributed by atoms with Crippen molar-refractivity contribution in [2.24, 2.45) is 5.73 Å². The summed E-state index contributed by atoms with van der Waals surface area (Å²) in [6.45, 7) is 1.96. The molecule has 0 bridgehead atoms. The van der Waals surface area contributed by atoms with Gasteiger partial charge in [-0.05, 0) is 18.6 Å². The van der Waals surface area contributed by atoms with Crippen LogP contribution in [-0.2, 0) is 0 Å². The minimum absolute atomic E-state index is 0.280. The molecule has 0 fully saturated rings. The zero-order chi connectivity index (χ0) is 13.4. The molecule has 0 radical (unpaired) electrons. The van der Waals surface area contributed by atoms with E-state index >= 15 is 0 Å². The quantitative estimate of drug-likeness (QED) is 0.777. The number of benzene rings is 1. The number of nitrogens with zero attached hydrogens (tertiary/aromatic N) is 2. The van der Waals surface area contributed by atoms with E-state index in [4.69, 9.17) is 5.73 Å². The second-order valence-corrected chi connectivity index (χ2v) is 4.93.